The van der Waals surface area contributed by atoms with E-state index in [9.17, 15) is 10.2 Å². The van der Waals surface area contributed by atoms with Crippen LogP contribution in [0, 0.1) is 0 Å². The normalized spacial score (nSPS) is 14.1. The number of aromatic hydroxyl groups is 2. The summed E-state index contributed by atoms with van der Waals surface area (Å²) >= 11 is 1.35. The molecule has 1 aliphatic heterocycles. The molecule has 24 heavy (non-hydrogen) atoms. The van der Waals surface area contributed by atoms with Gasteiger partial charge in [0, 0.05) is 23.0 Å². The number of para-hydroxylation sites is 1. The van der Waals surface area contributed by atoms with Crippen LogP contribution >= 0.6 is 11.3 Å². The van der Waals surface area contributed by atoms with Gasteiger partial charge in [-0.15, -0.1) is 0 Å². The maximum Gasteiger partial charge on any atom is 0.231 e. The zero-order valence-corrected chi connectivity index (χ0v) is 13.3. The van der Waals surface area contributed by atoms with E-state index in [-0.39, 0.29) is 11.6 Å². The van der Waals surface area contributed by atoms with Crippen LogP contribution < -0.4 is 5.32 Å². The van der Waals surface area contributed by atoms with Gasteiger partial charge in [-0.1, -0.05) is 29.5 Å². The van der Waals surface area contributed by atoms with Crippen molar-refractivity contribution < 1.29 is 10.2 Å². The highest BCUT2D eigenvalue weighted by molar-refractivity contribution is 7.16. The number of anilines is 2. The van der Waals surface area contributed by atoms with Crippen molar-refractivity contribution in [1.29, 1.82) is 0 Å². The van der Waals surface area contributed by atoms with Gasteiger partial charge in [0.15, 0.2) is 5.13 Å². The van der Waals surface area contributed by atoms with Gasteiger partial charge >= 0.3 is 0 Å². The maximum absolute atomic E-state index is 10.1. The molecule has 0 spiro atoms. The van der Waals surface area contributed by atoms with E-state index < -0.39 is 0 Å². The molecule has 0 atom stereocenters. The van der Waals surface area contributed by atoms with E-state index in [1.165, 1.54) is 11.3 Å². The summed E-state index contributed by atoms with van der Waals surface area (Å²) in [5.74, 6) is 0.179. The fourth-order valence-corrected chi connectivity index (χ4v) is 3.27. The van der Waals surface area contributed by atoms with Gasteiger partial charge in [0.05, 0.1) is 10.6 Å². The van der Waals surface area contributed by atoms with E-state index in [4.69, 9.17) is 0 Å². The van der Waals surface area contributed by atoms with Gasteiger partial charge in [-0.05, 0) is 36.4 Å². The predicted octanol–water partition coefficient (Wildman–Crippen LogP) is 4.55. The molecule has 0 saturated carbocycles. The third kappa shape index (κ3) is 2.75. The molecule has 3 N–H and O–H groups in total. The van der Waals surface area contributed by atoms with E-state index in [1.54, 1.807) is 30.5 Å². The number of rotatable bonds is 3. The molecular formula is C18H13N3O2S. The van der Waals surface area contributed by atoms with E-state index in [1.807, 2.05) is 30.3 Å². The number of allylic oxidation sites excluding steroid dienone is 1. The lowest BCUT2D eigenvalue weighted by Crippen LogP contribution is -1.87. The van der Waals surface area contributed by atoms with Crippen LogP contribution in [-0.4, -0.2) is 21.4 Å². The molecular weight excluding hydrogens is 322 g/mol. The van der Waals surface area contributed by atoms with Crippen LogP contribution in [0.25, 0.3) is 11.6 Å². The quantitative estimate of drug-likeness (QED) is 0.613. The number of hydrogen-bond acceptors (Lipinski definition) is 6. The first-order valence-electron chi connectivity index (χ1n) is 7.30. The molecule has 0 amide bonds. The van der Waals surface area contributed by atoms with Crippen LogP contribution in [0.5, 0.6) is 11.6 Å². The third-order valence-electron chi connectivity index (χ3n) is 3.60. The molecule has 6 heteroatoms. The van der Waals surface area contributed by atoms with Crippen molar-refractivity contribution in [3.8, 4) is 11.6 Å². The Kier molecular flexibility index (Phi) is 3.51. The highest BCUT2D eigenvalue weighted by atomic mass is 32.1. The van der Waals surface area contributed by atoms with Crippen LogP contribution in [0.4, 0.5) is 16.5 Å². The lowest BCUT2D eigenvalue weighted by molar-refractivity contribution is 0.457. The number of aromatic nitrogens is 1. The molecule has 0 radical (unpaired) electrons. The molecule has 118 valence electrons. The van der Waals surface area contributed by atoms with Crippen LogP contribution in [0.15, 0.2) is 53.5 Å². The average molecular weight is 335 g/mol. The number of benzene rings is 2. The van der Waals surface area contributed by atoms with E-state index in [2.05, 4.69) is 15.3 Å². The van der Waals surface area contributed by atoms with Crippen molar-refractivity contribution >= 4 is 45.7 Å². The first-order chi connectivity index (χ1) is 11.7. The topological polar surface area (TPSA) is 77.7 Å². The number of phenolic OH excluding ortho intramolecular Hbond substituents is 1. The van der Waals surface area contributed by atoms with Crippen molar-refractivity contribution in [2.24, 2.45) is 4.99 Å². The third-order valence-corrected chi connectivity index (χ3v) is 4.50. The first-order valence-corrected chi connectivity index (χ1v) is 8.12. The van der Waals surface area contributed by atoms with Crippen LogP contribution in [-0.2, 0) is 0 Å². The first kappa shape index (κ1) is 14.5. The van der Waals surface area contributed by atoms with Gasteiger partial charge in [0.25, 0.3) is 0 Å². The highest BCUT2D eigenvalue weighted by Gasteiger charge is 2.14. The minimum atomic E-state index is -0.0217. The fourth-order valence-electron chi connectivity index (χ4n) is 2.43. The molecule has 0 aliphatic carbocycles. The zero-order valence-electron chi connectivity index (χ0n) is 12.5. The number of nitrogens with zero attached hydrogens (tertiary/aromatic N) is 2. The Labute approximate surface area is 142 Å². The number of nitrogens with one attached hydrogen (secondary N) is 1. The summed E-state index contributed by atoms with van der Waals surface area (Å²) < 4.78 is 0. The largest absolute Gasteiger partial charge is 0.508 e. The van der Waals surface area contributed by atoms with Gasteiger partial charge in [-0.25, -0.2) is 0 Å². The fraction of sp³-hybridized carbons (Fsp3) is 0. The standard InChI is InChI=1S/C18H13N3O2S/c22-13-7-5-12(6-8-13)20-18-21-17(23)16(24-18)9-11-10-19-15-4-2-1-3-14(11)15/h1-10,22-23H,(H,20,21)/b11-9-. The van der Waals surface area contributed by atoms with Crippen LogP contribution in [0.2, 0.25) is 0 Å². The van der Waals surface area contributed by atoms with Gasteiger partial charge in [0.1, 0.15) is 5.75 Å². The van der Waals surface area contributed by atoms with Crippen LogP contribution in [0.3, 0.4) is 0 Å². The second-order valence-corrected chi connectivity index (χ2v) is 6.28. The molecule has 0 bridgehead atoms. The molecule has 0 fully saturated rings. The summed E-state index contributed by atoms with van der Waals surface area (Å²) in [5.41, 5.74) is 3.70. The molecule has 1 aromatic heterocycles. The summed E-state index contributed by atoms with van der Waals surface area (Å²) in [7, 11) is 0. The van der Waals surface area contributed by atoms with E-state index in [0.29, 0.717) is 10.0 Å². The van der Waals surface area contributed by atoms with Crippen molar-refractivity contribution in [3.05, 3.63) is 59.0 Å². The highest BCUT2D eigenvalue weighted by Crippen LogP contribution is 2.37. The lowest BCUT2D eigenvalue weighted by atomic mass is 10.1. The Balaban J connectivity index is 1.62. The average Bonchev–Trinajstić information content (AvgIpc) is 3.14. The SMILES string of the molecule is Oc1ccc(Nc2nc(O)c(/C=C3/C=Nc4ccccc43)s2)cc1. The Morgan fingerprint density at radius 1 is 1.00 bits per heavy atom. The second kappa shape index (κ2) is 5.82. The Hall–Kier alpha value is -3.12. The van der Waals surface area contributed by atoms with Crippen molar-refractivity contribution in [2.45, 2.75) is 0 Å². The Bertz CT molecular complexity index is 959. The van der Waals surface area contributed by atoms with Crippen molar-refractivity contribution in [3.63, 3.8) is 0 Å². The summed E-state index contributed by atoms with van der Waals surface area (Å²) in [4.78, 5) is 9.16. The van der Waals surface area contributed by atoms with E-state index >= 15 is 0 Å². The smallest absolute Gasteiger partial charge is 0.231 e. The van der Waals surface area contributed by atoms with E-state index in [0.717, 1.165) is 22.5 Å². The second-order valence-electron chi connectivity index (χ2n) is 5.25. The van der Waals surface area contributed by atoms with Crippen molar-refractivity contribution in [2.75, 3.05) is 5.32 Å². The van der Waals surface area contributed by atoms with Crippen molar-refractivity contribution in [1.82, 2.24) is 4.98 Å². The van der Waals surface area contributed by atoms with Gasteiger partial charge in [0.2, 0.25) is 5.88 Å². The maximum atomic E-state index is 10.1. The molecule has 2 aromatic carbocycles. The molecule has 0 unspecified atom stereocenters. The molecule has 2 heterocycles. The van der Waals surface area contributed by atoms with Gasteiger partial charge in [-0.2, -0.15) is 4.98 Å². The summed E-state index contributed by atoms with van der Waals surface area (Å²) in [6.07, 6.45) is 3.67. The van der Waals surface area contributed by atoms with Gasteiger partial charge < -0.3 is 15.5 Å². The zero-order chi connectivity index (χ0) is 16.5. The predicted molar refractivity (Wildman–Crippen MR) is 97.6 cm³/mol. The number of phenols is 1. The lowest BCUT2D eigenvalue weighted by Gasteiger charge is -2.01. The molecule has 5 nitrogen and oxygen atoms in total. The van der Waals surface area contributed by atoms with Gasteiger partial charge in [-0.3, -0.25) is 4.99 Å². The summed E-state index contributed by atoms with van der Waals surface area (Å²) in [6, 6.07) is 14.5. The monoisotopic (exact) mass is 335 g/mol. The number of fused-ring (bicyclic) bond motifs is 1. The molecule has 3 aromatic rings. The number of thiazole rings is 1. The molecule has 4 rings (SSSR count). The Morgan fingerprint density at radius 2 is 1.79 bits per heavy atom. The number of hydrogen-bond donors (Lipinski definition) is 3. The minimum absolute atomic E-state index is 0.0217. The number of aliphatic imine (C=N–C) groups is 1. The minimum Gasteiger partial charge on any atom is -0.508 e. The Morgan fingerprint density at radius 3 is 2.62 bits per heavy atom. The molecule has 0 saturated heterocycles. The van der Waals surface area contributed by atoms with Crippen LogP contribution in [0.1, 0.15) is 10.4 Å². The summed E-state index contributed by atoms with van der Waals surface area (Å²) in [5, 5.41) is 23.1. The summed E-state index contributed by atoms with van der Waals surface area (Å²) in [6.45, 7) is 0. The molecule has 1 aliphatic rings.